The van der Waals surface area contributed by atoms with Crippen LogP contribution in [0.5, 0.6) is 0 Å². The minimum atomic E-state index is -0.400. The number of hydrogen-bond donors (Lipinski definition) is 1. The molecule has 7 heteroatoms. The number of hydrogen-bond acceptors (Lipinski definition) is 4. The fourth-order valence-electron chi connectivity index (χ4n) is 1.70. The normalized spacial score (nSPS) is 10.6. The fraction of sp³-hybridized carbons (Fsp3) is 0.182. The molecule has 0 aliphatic rings. The van der Waals surface area contributed by atoms with Crippen LogP contribution in [0.4, 0.5) is 11.6 Å². The molecule has 0 radical (unpaired) electrons. The smallest absolute Gasteiger partial charge is 0.275 e. The molecular formula is C11H11BrN4O2. The number of aryl methyl sites for hydroxylation is 1. The van der Waals surface area contributed by atoms with Crippen LogP contribution in [0.3, 0.4) is 0 Å². The van der Waals surface area contributed by atoms with Gasteiger partial charge in [-0.2, -0.15) is 0 Å². The van der Waals surface area contributed by atoms with E-state index in [9.17, 15) is 10.1 Å². The third-order valence-corrected chi connectivity index (χ3v) is 3.15. The van der Waals surface area contributed by atoms with Crippen LogP contribution in [0.2, 0.25) is 0 Å². The monoisotopic (exact) mass is 310 g/mol. The predicted octanol–water partition coefficient (Wildman–Crippen LogP) is 2.49. The molecule has 0 fully saturated rings. The van der Waals surface area contributed by atoms with Crippen molar-refractivity contribution in [2.75, 3.05) is 5.73 Å². The van der Waals surface area contributed by atoms with Gasteiger partial charge >= 0.3 is 0 Å². The molecule has 1 aromatic heterocycles. The van der Waals surface area contributed by atoms with Crippen molar-refractivity contribution >= 4 is 27.6 Å². The molecular weight excluding hydrogens is 300 g/mol. The van der Waals surface area contributed by atoms with Gasteiger partial charge in [0.1, 0.15) is 0 Å². The summed E-state index contributed by atoms with van der Waals surface area (Å²) in [6, 6.07) is 4.96. The molecule has 0 unspecified atom stereocenters. The molecule has 2 rings (SSSR count). The zero-order valence-electron chi connectivity index (χ0n) is 9.63. The molecule has 0 saturated carbocycles. The summed E-state index contributed by atoms with van der Waals surface area (Å²) in [5.41, 5.74) is 7.24. The van der Waals surface area contributed by atoms with E-state index in [2.05, 4.69) is 20.9 Å². The maximum absolute atomic E-state index is 11.0. The van der Waals surface area contributed by atoms with Gasteiger partial charge in [0.15, 0.2) is 0 Å². The summed E-state index contributed by atoms with van der Waals surface area (Å²) in [5.74, 6) is 0.352. The lowest BCUT2D eigenvalue weighted by Gasteiger charge is -2.08. The molecule has 0 amide bonds. The van der Waals surface area contributed by atoms with Crippen molar-refractivity contribution in [2.45, 2.75) is 13.5 Å². The molecule has 0 bridgehead atoms. The number of nitro benzene ring substituents is 1. The largest absolute Gasteiger partial charge is 0.369 e. The second kappa shape index (κ2) is 4.77. The molecule has 94 valence electrons. The molecule has 0 spiro atoms. The number of anilines is 1. The molecule has 2 aromatic rings. The number of nitrogen functional groups attached to an aromatic ring is 1. The highest BCUT2D eigenvalue weighted by Crippen LogP contribution is 2.25. The zero-order valence-corrected chi connectivity index (χ0v) is 11.2. The average Bonchev–Trinajstić information content (AvgIpc) is 2.62. The van der Waals surface area contributed by atoms with E-state index in [-0.39, 0.29) is 5.69 Å². The summed E-state index contributed by atoms with van der Waals surface area (Å²) in [4.78, 5) is 14.6. The van der Waals surface area contributed by atoms with Crippen LogP contribution in [0.1, 0.15) is 11.3 Å². The van der Waals surface area contributed by atoms with Crippen LogP contribution in [-0.2, 0) is 6.54 Å². The van der Waals surface area contributed by atoms with Crippen molar-refractivity contribution in [3.05, 3.63) is 50.2 Å². The van der Waals surface area contributed by atoms with E-state index in [1.54, 1.807) is 22.9 Å². The Morgan fingerprint density at radius 2 is 2.28 bits per heavy atom. The summed E-state index contributed by atoms with van der Waals surface area (Å²) in [6.07, 6.45) is 1.64. The SMILES string of the molecule is Cc1cnc(N)n1Cc1ccc(Br)cc1[N+](=O)[O-]. The molecule has 1 aromatic carbocycles. The lowest BCUT2D eigenvalue weighted by Crippen LogP contribution is -2.08. The second-order valence-corrected chi connectivity index (χ2v) is 4.79. The van der Waals surface area contributed by atoms with Crippen LogP contribution < -0.4 is 5.73 Å². The van der Waals surface area contributed by atoms with Gasteiger partial charge in [-0.15, -0.1) is 0 Å². The van der Waals surface area contributed by atoms with Crippen LogP contribution >= 0.6 is 15.9 Å². The number of nitrogens with two attached hydrogens (primary N) is 1. The standard InChI is InChI=1S/C11H11BrN4O2/c1-7-5-14-11(13)15(7)6-8-2-3-9(12)4-10(8)16(17)18/h2-5H,6H2,1H3,(H2,13,14). The Morgan fingerprint density at radius 1 is 1.56 bits per heavy atom. The van der Waals surface area contributed by atoms with Gasteiger partial charge in [0.2, 0.25) is 5.95 Å². The van der Waals surface area contributed by atoms with Gasteiger partial charge in [-0.25, -0.2) is 4.98 Å². The van der Waals surface area contributed by atoms with E-state index < -0.39 is 4.92 Å². The zero-order chi connectivity index (χ0) is 13.3. The first-order chi connectivity index (χ1) is 8.49. The maximum Gasteiger partial charge on any atom is 0.275 e. The molecule has 0 saturated heterocycles. The number of benzene rings is 1. The Bertz CT molecular complexity index is 590. The van der Waals surface area contributed by atoms with Crippen LogP contribution in [0.25, 0.3) is 0 Å². The number of rotatable bonds is 3. The molecule has 0 aliphatic carbocycles. The van der Waals surface area contributed by atoms with Gasteiger partial charge in [0, 0.05) is 21.8 Å². The minimum absolute atomic E-state index is 0.0666. The van der Waals surface area contributed by atoms with Crippen molar-refractivity contribution in [2.24, 2.45) is 0 Å². The first-order valence-corrected chi connectivity index (χ1v) is 5.98. The fourth-order valence-corrected chi connectivity index (χ4v) is 2.05. The van der Waals surface area contributed by atoms with E-state index in [4.69, 9.17) is 5.73 Å². The Labute approximate surface area is 112 Å². The number of imidazole rings is 1. The van der Waals surface area contributed by atoms with Crippen molar-refractivity contribution in [3.63, 3.8) is 0 Å². The highest BCUT2D eigenvalue weighted by atomic mass is 79.9. The predicted molar refractivity (Wildman–Crippen MR) is 71.3 cm³/mol. The molecule has 2 N–H and O–H groups in total. The summed E-state index contributed by atoms with van der Waals surface area (Å²) in [7, 11) is 0. The molecule has 18 heavy (non-hydrogen) atoms. The Hall–Kier alpha value is -1.89. The molecule has 0 aliphatic heterocycles. The lowest BCUT2D eigenvalue weighted by molar-refractivity contribution is -0.385. The highest BCUT2D eigenvalue weighted by Gasteiger charge is 2.16. The van der Waals surface area contributed by atoms with Crippen molar-refractivity contribution in [1.29, 1.82) is 0 Å². The number of halogens is 1. The molecule has 0 atom stereocenters. The van der Waals surface area contributed by atoms with Gasteiger partial charge in [0.05, 0.1) is 17.7 Å². The van der Waals surface area contributed by atoms with Gasteiger partial charge in [-0.05, 0) is 19.1 Å². The first-order valence-electron chi connectivity index (χ1n) is 5.19. The van der Waals surface area contributed by atoms with Gasteiger partial charge in [0.25, 0.3) is 5.69 Å². The van der Waals surface area contributed by atoms with E-state index in [0.29, 0.717) is 22.5 Å². The minimum Gasteiger partial charge on any atom is -0.369 e. The second-order valence-electron chi connectivity index (χ2n) is 3.87. The van der Waals surface area contributed by atoms with Gasteiger partial charge in [-0.1, -0.05) is 15.9 Å². The van der Waals surface area contributed by atoms with Crippen molar-refractivity contribution < 1.29 is 4.92 Å². The summed E-state index contributed by atoms with van der Waals surface area (Å²) in [6.45, 7) is 2.19. The summed E-state index contributed by atoms with van der Waals surface area (Å²) < 4.78 is 2.41. The van der Waals surface area contributed by atoms with Crippen molar-refractivity contribution in [1.82, 2.24) is 9.55 Å². The first kappa shape index (κ1) is 12.6. The van der Waals surface area contributed by atoms with E-state index >= 15 is 0 Å². The summed E-state index contributed by atoms with van der Waals surface area (Å²) >= 11 is 3.22. The van der Waals surface area contributed by atoms with E-state index in [0.717, 1.165) is 5.69 Å². The Morgan fingerprint density at radius 3 is 2.83 bits per heavy atom. The molecule has 6 nitrogen and oxygen atoms in total. The molecule has 1 heterocycles. The van der Waals surface area contributed by atoms with Crippen LogP contribution in [-0.4, -0.2) is 14.5 Å². The van der Waals surface area contributed by atoms with E-state index in [1.165, 1.54) is 6.07 Å². The third kappa shape index (κ3) is 2.35. The summed E-state index contributed by atoms with van der Waals surface area (Å²) in [5, 5.41) is 11.0. The number of nitro groups is 1. The number of aromatic nitrogens is 2. The average molecular weight is 311 g/mol. The lowest BCUT2D eigenvalue weighted by atomic mass is 10.2. The van der Waals surface area contributed by atoms with Crippen LogP contribution in [0, 0.1) is 17.0 Å². The van der Waals surface area contributed by atoms with Crippen molar-refractivity contribution in [3.8, 4) is 0 Å². The topological polar surface area (TPSA) is 87.0 Å². The Balaban J connectivity index is 2.43. The number of nitrogens with zero attached hydrogens (tertiary/aromatic N) is 3. The Kier molecular flexibility index (Phi) is 3.33. The highest BCUT2D eigenvalue weighted by molar-refractivity contribution is 9.10. The third-order valence-electron chi connectivity index (χ3n) is 2.66. The maximum atomic E-state index is 11.0. The van der Waals surface area contributed by atoms with E-state index in [1.807, 2.05) is 6.92 Å². The van der Waals surface area contributed by atoms with Crippen LogP contribution in [0.15, 0.2) is 28.9 Å². The van der Waals surface area contributed by atoms with Gasteiger partial charge in [-0.3, -0.25) is 10.1 Å². The quantitative estimate of drug-likeness (QED) is 0.697. The van der Waals surface area contributed by atoms with Gasteiger partial charge < -0.3 is 10.3 Å².